The first kappa shape index (κ1) is 28.4. The van der Waals surface area contributed by atoms with Crippen molar-refractivity contribution in [3.63, 3.8) is 0 Å². The lowest BCUT2D eigenvalue weighted by atomic mass is 9.95. The van der Waals surface area contributed by atoms with Gasteiger partial charge >= 0.3 is 11.9 Å². The van der Waals surface area contributed by atoms with E-state index >= 15 is 4.39 Å². The van der Waals surface area contributed by atoms with Crippen molar-refractivity contribution in [3.05, 3.63) is 63.6 Å². The lowest BCUT2D eigenvalue weighted by Gasteiger charge is -2.36. The summed E-state index contributed by atoms with van der Waals surface area (Å²) in [5.41, 5.74) is -2.82. The summed E-state index contributed by atoms with van der Waals surface area (Å²) in [4.78, 5) is 32.8. The van der Waals surface area contributed by atoms with Crippen molar-refractivity contribution in [2.75, 3.05) is 50.5 Å². The van der Waals surface area contributed by atoms with E-state index < -0.39 is 51.3 Å². The molecule has 7 nitrogen and oxygen atoms in total. The number of hydrogen-bond acceptors (Lipinski definition) is 6. The lowest BCUT2D eigenvalue weighted by molar-refractivity contribution is -0.137. The van der Waals surface area contributed by atoms with Crippen molar-refractivity contribution in [1.82, 2.24) is 14.5 Å². The number of rotatable bonds is 5. The molecule has 0 saturated carbocycles. The number of amides is 1. The minimum absolute atomic E-state index is 0.0000241. The normalized spacial score (nSPS) is 17.4. The molecule has 0 aliphatic carbocycles. The van der Waals surface area contributed by atoms with Crippen LogP contribution in [-0.2, 0) is 15.7 Å². The molecule has 1 saturated heterocycles. The fourth-order valence-corrected chi connectivity index (χ4v) is 6.60. The molecule has 1 amide bonds. The first-order chi connectivity index (χ1) is 19.0. The molecule has 40 heavy (non-hydrogen) atoms. The SMILES string of the molecule is C=CC(=O)N1CCN(c2nc(=O)n3c4c(c(-c5cc(Cl)c(F)cc5F)c(C(F)(F)F)cc24)SC[C@@H]3COC)CC1. The monoisotopic (exact) mass is 600 g/mol. The second-order valence-corrected chi connectivity index (χ2v) is 10.7. The van der Waals surface area contributed by atoms with Gasteiger partial charge in [-0.2, -0.15) is 18.2 Å². The van der Waals surface area contributed by atoms with Crippen LogP contribution in [0.2, 0.25) is 5.02 Å². The van der Waals surface area contributed by atoms with Gasteiger partial charge < -0.3 is 14.5 Å². The van der Waals surface area contributed by atoms with E-state index in [-0.39, 0.29) is 66.1 Å². The summed E-state index contributed by atoms with van der Waals surface area (Å²) in [5, 5.41) is -0.509. The van der Waals surface area contributed by atoms with Crippen molar-refractivity contribution in [2.45, 2.75) is 17.1 Å². The molecule has 0 N–H and O–H groups in total. The maximum absolute atomic E-state index is 15.1. The van der Waals surface area contributed by atoms with Crippen LogP contribution in [0.4, 0.5) is 27.8 Å². The average molecular weight is 601 g/mol. The summed E-state index contributed by atoms with van der Waals surface area (Å²) in [6.07, 6.45) is -3.78. The Morgan fingerprint density at radius 2 is 1.90 bits per heavy atom. The number of piperazine rings is 1. The van der Waals surface area contributed by atoms with E-state index in [2.05, 4.69) is 11.6 Å². The van der Waals surface area contributed by atoms with Gasteiger partial charge in [0.25, 0.3) is 0 Å². The highest BCUT2D eigenvalue weighted by Crippen LogP contribution is 2.50. The highest BCUT2D eigenvalue weighted by molar-refractivity contribution is 7.99. The van der Waals surface area contributed by atoms with Gasteiger partial charge in [-0.05, 0) is 18.2 Å². The van der Waals surface area contributed by atoms with E-state index in [0.717, 1.165) is 23.9 Å². The third-order valence-corrected chi connectivity index (χ3v) is 8.47. The highest BCUT2D eigenvalue weighted by Gasteiger charge is 2.40. The van der Waals surface area contributed by atoms with E-state index in [0.29, 0.717) is 6.07 Å². The summed E-state index contributed by atoms with van der Waals surface area (Å²) in [6, 6.07) is 1.54. The largest absolute Gasteiger partial charge is 0.417 e. The number of thioether (sulfide) groups is 1. The number of anilines is 1. The van der Waals surface area contributed by atoms with Gasteiger partial charge in [0.15, 0.2) is 0 Å². The first-order valence-electron chi connectivity index (χ1n) is 12.1. The van der Waals surface area contributed by atoms with Crippen LogP contribution >= 0.6 is 23.4 Å². The number of ether oxygens (including phenoxy) is 1. The molecule has 3 aromatic rings. The molecular weight excluding hydrogens is 579 g/mol. The fourth-order valence-electron chi connectivity index (χ4n) is 5.12. The van der Waals surface area contributed by atoms with Gasteiger partial charge in [0.2, 0.25) is 5.91 Å². The molecule has 212 valence electrons. The minimum Gasteiger partial charge on any atom is -0.383 e. The molecule has 2 aromatic carbocycles. The number of carbonyl (C=O) groups is 1. The molecule has 0 unspecified atom stereocenters. The molecule has 2 aliphatic rings. The molecule has 5 rings (SSSR count). The van der Waals surface area contributed by atoms with Crippen LogP contribution in [0.25, 0.3) is 22.0 Å². The van der Waals surface area contributed by atoms with Crippen LogP contribution in [0.5, 0.6) is 0 Å². The van der Waals surface area contributed by atoms with E-state index in [1.807, 2.05) is 0 Å². The van der Waals surface area contributed by atoms with E-state index in [1.54, 1.807) is 4.90 Å². The van der Waals surface area contributed by atoms with Gasteiger partial charge in [0, 0.05) is 66.5 Å². The van der Waals surface area contributed by atoms with E-state index in [9.17, 15) is 27.2 Å². The smallest absolute Gasteiger partial charge is 0.383 e. The predicted octanol–water partition coefficient (Wildman–Crippen LogP) is 5.14. The van der Waals surface area contributed by atoms with Crippen molar-refractivity contribution in [3.8, 4) is 11.1 Å². The van der Waals surface area contributed by atoms with Crippen LogP contribution in [0.3, 0.4) is 0 Å². The van der Waals surface area contributed by atoms with Crippen molar-refractivity contribution >= 4 is 46.0 Å². The Bertz CT molecular complexity index is 1590. The van der Waals surface area contributed by atoms with Gasteiger partial charge in [0.1, 0.15) is 17.5 Å². The number of methoxy groups -OCH3 is 1. The molecule has 0 radical (unpaired) electrons. The summed E-state index contributed by atoms with van der Waals surface area (Å²) < 4.78 is 79.4. The number of halogens is 6. The Morgan fingerprint density at radius 3 is 2.52 bits per heavy atom. The van der Waals surface area contributed by atoms with Gasteiger partial charge in [-0.3, -0.25) is 9.36 Å². The second kappa shape index (κ2) is 10.7. The zero-order valence-corrected chi connectivity index (χ0v) is 22.6. The van der Waals surface area contributed by atoms with Gasteiger partial charge in [-0.1, -0.05) is 18.2 Å². The van der Waals surface area contributed by atoms with Gasteiger partial charge in [0.05, 0.1) is 28.8 Å². The molecule has 3 heterocycles. The third kappa shape index (κ3) is 4.83. The van der Waals surface area contributed by atoms with Gasteiger partial charge in [-0.15, -0.1) is 11.8 Å². The summed E-state index contributed by atoms with van der Waals surface area (Å²) in [5.74, 6) is -2.46. The third-order valence-electron chi connectivity index (χ3n) is 6.94. The summed E-state index contributed by atoms with van der Waals surface area (Å²) >= 11 is 6.89. The second-order valence-electron chi connectivity index (χ2n) is 9.29. The quantitative estimate of drug-likeness (QED) is 0.230. The summed E-state index contributed by atoms with van der Waals surface area (Å²) in [6.45, 7) is 4.46. The van der Waals surface area contributed by atoms with Crippen molar-refractivity contribution in [2.24, 2.45) is 0 Å². The standard InChI is InChI=1S/C26H22ClF5N4O3S/c1-3-20(37)34-4-6-35(7-5-34)24-15-8-16(26(30,31)32)21(14-9-17(27)19(29)10-18(14)28)23-22(15)36(25(38)33-24)13(11-39-2)12-40-23/h3,8-10,13H,1,4-7,11-12H2,2H3/t13-/m0/s1. The molecule has 0 bridgehead atoms. The van der Waals surface area contributed by atoms with Crippen LogP contribution in [-0.4, -0.2) is 66.0 Å². The number of benzene rings is 2. The maximum Gasteiger partial charge on any atom is 0.417 e. The van der Waals surface area contributed by atoms with E-state index in [4.69, 9.17) is 16.3 Å². The topological polar surface area (TPSA) is 67.7 Å². The number of aromatic nitrogens is 2. The van der Waals surface area contributed by atoms with Crippen LogP contribution in [0.1, 0.15) is 11.6 Å². The van der Waals surface area contributed by atoms with Crippen LogP contribution in [0.15, 0.2) is 40.5 Å². The Hall–Kier alpha value is -3.16. The fraction of sp³-hybridized carbons (Fsp3) is 0.346. The number of carbonyl (C=O) groups excluding carboxylic acids is 1. The molecule has 1 aromatic heterocycles. The first-order valence-corrected chi connectivity index (χ1v) is 13.5. The average Bonchev–Trinajstić information content (AvgIpc) is 2.92. The van der Waals surface area contributed by atoms with Crippen molar-refractivity contribution in [1.29, 1.82) is 0 Å². The zero-order valence-electron chi connectivity index (χ0n) is 21.0. The molecule has 1 atom stereocenters. The molecule has 0 spiro atoms. The summed E-state index contributed by atoms with van der Waals surface area (Å²) in [7, 11) is 1.43. The van der Waals surface area contributed by atoms with E-state index in [1.165, 1.54) is 22.7 Å². The molecule has 1 fully saturated rings. The molecule has 2 aliphatic heterocycles. The number of hydrogen-bond donors (Lipinski definition) is 0. The predicted molar refractivity (Wildman–Crippen MR) is 142 cm³/mol. The number of alkyl halides is 3. The maximum atomic E-state index is 15.1. The molecule has 14 heteroatoms. The Kier molecular flexibility index (Phi) is 7.57. The van der Waals surface area contributed by atoms with Gasteiger partial charge in [-0.25, -0.2) is 13.6 Å². The van der Waals surface area contributed by atoms with Crippen molar-refractivity contribution < 1.29 is 31.5 Å². The highest BCUT2D eigenvalue weighted by atomic mass is 35.5. The Morgan fingerprint density at radius 1 is 1.20 bits per heavy atom. The number of nitrogens with zero attached hydrogens (tertiary/aromatic N) is 4. The van der Waals surface area contributed by atoms with Crippen LogP contribution < -0.4 is 10.6 Å². The Balaban J connectivity index is 1.83. The Labute approximate surface area is 234 Å². The zero-order chi connectivity index (χ0) is 28.9. The minimum atomic E-state index is -4.95. The molecular formula is C26H22ClF5N4O3S. The lowest BCUT2D eigenvalue weighted by Crippen LogP contribution is -2.49. The van der Waals surface area contributed by atoms with Crippen LogP contribution in [0, 0.1) is 11.6 Å².